The van der Waals surface area contributed by atoms with Gasteiger partial charge in [0, 0.05) is 12.8 Å². The Morgan fingerprint density at radius 2 is 0.810 bits per heavy atom. The fourth-order valence-electron chi connectivity index (χ4n) is 9.81. The van der Waals surface area contributed by atoms with Gasteiger partial charge >= 0.3 is 5.97 Å². The molecule has 0 heterocycles. The van der Waals surface area contributed by atoms with E-state index in [4.69, 9.17) is 13.8 Å². The van der Waals surface area contributed by atoms with Crippen LogP contribution in [0.1, 0.15) is 316 Å². The van der Waals surface area contributed by atoms with E-state index in [1.54, 1.807) is 0 Å². The van der Waals surface area contributed by atoms with Gasteiger partial charge in [-0.3, -0.25) is 14.2 Å². The van der Waals surface area contributed by atoms with Gasteiger partial charge in [0.05, 0.1) is 33.8 Å². The summed E-state index contributed by atoms with van der Waals surface area (Å²) in [4.78, 5) is 40.0. The number of nitrogens with one attached hydrogen (secondary N) is 1. The van der Waals surface area contributed by atoms with Crippen molar-refractivity contribution in [1.29, 1.82) is 0 Å². The number of amides is 1. The minimum atomic E-state index is -4.71. The monoisotopic (exact) mass is 1130 g/mol. The van der Waals surface area contributed by atoms with E-state index in [0.717, 1.165) is 83.5 Å². The second-order valence-corrected chi connectivity index (χ2v) is 25.4. The van der Waals surface area contributed by atoms with Crippen LogP contribution in [0.5, 0.6) is 0 Å². The lowest BCUT2D eigenvalue weighted by atomic mass is 10.0. The van der Waals surface area contributed by atoms with Crippen LogP contribution >= 0.6 is 7.82 Å². The Balaban J connectivity index is 5.09. The Morgan fingerprint density at radius 1 is 0.456 bits per heavy atom. The van der Waals surface area contributed by atoms with Crippen LogP contribution in [-0.2, 0) is 27.9 Å². The predicted octanol–water partition coefficient (Wildman–Crippen LogP) is 20.4. The summed E-state index contributed by atoms with van der Waals surface area (Å²) < 4.78 is 30.3. The predicted molar refractivity (Wildman–Crippen MR) is 339 cm³/mol. The number of quaternary nitrogens is 1. The molecule has 0 radical (unpaired) electrons. The number of carbonyl (C=O) groups excluding carboxylic acids is 2. The van der Waals surface area contributed by atoms with Gasteiger partial charge in [0.1, 0.15) is 19.3 Å². The highest BCUT2D eigenvalue weighted by Gasteiger charge is 2.27. The first-order valence-electron chi connectivity index (χ1n) is 33.6. The van der Waals surface area contributed by atoms with Crippen LogP contribution in [0.3, 0.4) is 0 Å². The molecule has 3 atom stereocenters. The van der Waals surface area contributed by atoms with E-state index in [1.807, 2.05) is 33.3 Å². The fraction of sp³-hybridized carbons (Fsp3) is 0.826. The summed E-state index contributed by atoms with van der Waals surface area (Å²) >= 11 is 0. The molecule has 462 valence electrons. The first kappa shape index (κ1) is 76.7. The highest BCUT2D eigenvalue weighted by Crippen LogP contribution is 2.38. The van der Waals surface area contributed by atoms with Gasteiger partial charge in [0.25, 0.3) is 7.82 Å². The number of phosphoric acid groups is 1. The number of rotatable bonds is 61. The molecule has 1 N–H and O–H groups in total. The smallest absolute Gasteiger partial charge is 0.306 e. The van der Waals surface area contributed by atoms with Crippen LogP contribution in [0.2, 0.25) is 0 Å². The van der Waals surface area contributed by atoms with Crippen molar-refractivity contribution in [1.82, 2.24) is 5.32 Å². The van der Waals surface area contributed by atoms with E-state index in [9.17, 15) is 19.0 Å². The second-order valence-electron chi connectivity index (χ2n) is 24.0. The summed E-state index contributed by atoms with van der Waals surface area (Å²) in [6.07, 6.45) is 75.0. The maximum absolute atomic E-state index is 13.5. The van der Waals surface area contributed by atoms with Gasteiger partial charge in [0.2, 0.25) is 5.91 Å². The maximum atomic E-state index is 13.5. The van der Waals surface area contributed by atoms with E-state index >= 15 is 0 Å². The molecule has 1 amide bonds. The van der Waals surface area contributed by atoms with Crippen molar-refractivity contribution in [2.45, 2.75) is 328 Å². The van der Waals surface area contributed by atoms with Crippen LogP contribution in [0, 0.1) is 0 Å². The summed E-state index contributed by atoms with van der Waals surface area (Å²) in [6, 6.07) is -0.905. The number of hydrogen-bond acceptors (Lipinski definition) is 7. The number of phosphoric ester groups is 1. The van der Waals surface area contributed by atoms with Gasteiger partial charge in [-0.15, -0.1) is 0 Å². The Morgan fingerprint density at radius 3 is 1.23 bits per heavy atom. The Kier molecular flexibility index (Phi) is 57.2. The minimum Gasteiger partial charge on any atom is -0.756 e. The SMILES string of the molecule is CC/C=C/C/C=C/C/C=C/C/C=C/CCCCCC(=O)NC(COP(=O)([O-])OCC[N+](C)(C)C)C(/C=C\CCCCCCCCCCCC)OC(=O)CCCCCCCCCCCCCCCCCCCCCCCCCCC. The van der Waals surface area contributed by atoms with E-state index in [1.165, 1.54) is 193 Å². The van der Waals surface area contributed by atoms with Crippen LogP contribution in [0.15, 0.2) is 60.8 Å². The molecule has 0 spiro atoms. The van der Waals surface area contributed by atoms with Gasteiger partial charge in [-0.2, -0.15) is 0 Å². The largest absolute Gasteiger partial charge is 0.756 e. The van der Waals surface area contributed by atoms with E-state index < -0.39 is 26.6 Å². The average molecular weight is 1130 g/mol. The fourth-order valence-corrected chi connectivity index (χ4v) is 10.5. The van der Waals surface area contributed by atoms with Crippen LogP contribution in [-0.4, -0.2) is 69.4 Å². The summed E-state index contributed by atoms with van der Waals surface area (Å²) in [7, 11) is 1.17. The first-order valence-corrected chi connectivity index (χ1v) is 35.1. The third kappa shape index (κ3) is 60.1. The van der Waals surface area contributed by atoms with Gasteiger partial charge in [-0.25, -0.2) is 0 Å². The minimum absolute atomic E-state index is 0.0288. The normalized spacial score (nSPS) is 14.0. The van der Waals surface area contributed by atoms with Crippen LogP contribution < -0.4 is 10.2 Å². The number of hydrogen-bond donors (Lipinski definition) is 1. The van der Waals surface area contributed by atoms with Gasteiger partial charge in [-0.1, -0.05) is 294 Å². The number of ether oxygens (including phenoxy) is 1. The second kappa shape index (κ2) is 58.9. The van der Waals surface area contributed by atoms with Crippen molar-refractivity contribution in [2.24, 2.45) is 0 Å². The number of unbranched alkanes of at least 4 members (excludes halogenated alkanes) is 37. The number of likely N-dealkylation sites (N-methyl/N-ethyl adjacent to an activating group) is 1. The van der Waals surface area contributed by atoms with Gasteiger partial charge in [0.15, 0.2) is 0 Å². The molecule has 0 aliphatic rings. The Bertz CT molecular complexity index is 1540. The molecule has 0 rings (SSSR count). The van der Waals surface area contributed by atoms with Crippen molar-refractivity contribution in [3.8, 4) is 0 Å². The standard InChI is InChI=1S/C69H129N2O7P/c1-7-10-13-16-19-22-25-28-30-32-33-34-35-36-37-38-39-40-42-44-47-50-53-56-59-62-69(73)78-67(60-57-54-51-48-45-27-24-21-18-15-12-9-3)66(65-77-79(74,75)76-64-63-71(4,5)6)70-68(72)61-58-55-52-49-46-43-41-31-29-26-23-20-17-14-11-8-2/h11,14,20,23,29,31,43,46,57,60,66-67H,7-10,12-13,15-19,21-22,24-28,30,32-42,44-45,47-56,58-59,61-65H2,1-6H3,(H-,70,72,74,75)/b14-11+,23-20+,31-29+,46-43+,60-57-. The quantitative estimate of drug-likeness (QED) is 0.0212. The van der Waals surface area contributed by atoms with Crippen molar-refractivity contribution in [3.63, 3.8) is 0 Å². The topological polar surface area (TPSA) is 114 Å². The molecule has 0 aliphatic carbocycles. The third-order valence-corrected chi connectivity index (χ3v) is 15.9. The lowest BCUT2D eigenvalue weighted by Gasteiger charge is -2.30. The average Bonchev–Trinajstić information content (AvgIpc) is 3.41. The highest BCUT2D eigenvalue weighted by molar-refractivity contribution is 7.45. The zero-order chi connectivity index (χ0) is 57.9. The molecule has 0 saturated carbocycles. The Labute approximate surface area is 490 Å². The molecule has 0 saturated heterocycles. The molecule has 0 fully saturated rings. The number of nitrogens with zero attached hydrogens (tertiary/aromatic N) is 1. The molecule has 9 nitrogen and oxygen atoms in total. The molecular weight excluding hydrogens is 1000 g/mol. The van der Waals surface area contributed by atoms with Crippen molar-refractivity contribution in [3.05, 3.63) is 60.8 Å². The zero-order valence-corrected chi connectivity index (χ0v) is 53.7. The molecular formula is C69H129N2O7P. The third-order valence-electron chi connectivity index (χ3n) is 15.0. The van der Waals surface area contributed by atoms with E-state index in [2.05, 4.69) is 74.7 Å². The maximum Gasteiger partial charge on any atom is 0.306 e. The molecule has 10 heteroatoms. The first-order chi connectivity index (χ1) is 38.4. The summed E-state index contributed by atoms with van der Waals surface area (Å²) in [6.45, 7) is 6.74. The number of carbonyl (C=O) groups is 2. The van der Waals surface area contributed by atoms with Crippen LogP contribution in [0.25, 0.3) is 0 Å². The summed E-state index contributed by atoms with van der Waals surface area (Å²) in [5.41, 5.74) is 0. The lowest BCUT2D eigenvalue weighted by Crippen LogP contribution is -2.47. The van der Waals surface area contributed by atoms with Crippen molar-refractivity contribution >= 4 is 19.7 Å². The zero-order valence-electron chi connectivity index (χ0n) is 52.8. The summed E-state index contributed by atoms with van der Waals surface area (Å²) in [5, 5.41) is 3.02. The molecule has 79 heavy (non-hydrogen) atoms. The lowest BCUT2D eigenvalue weighted by molar-refractivity contribution is -0.870. The van der Waals surface area contributed by atoms with E-state index in [-0.39, 0.29) is 31.3 Å². The van der Waals surface area contributed by atoms with Gasteiger partial charge in [-0.05, 0) is 70.3 Å². The molecule has 0 aliphatic heterocycles. The molecule has 0 bridgehead atoms. The van der Waals surface area contributed by atoms with Crippen LogP contribution in [0.4, 0.5) is 0 Å². The number of esters is 1. The molecule has 0 aromatic rings. The number of allylic oxidation sites excluding steroid dienone is 9. The van der Waals surface area contributed by atoms with E-state index in [0.29, 0.717) is 17.4 Å². The summed E-state index contributed by atoms with van der Waals surface area (Å²) in [5.74, 6) is -0.567. The molecule has 3 unspecified atom stereocenters. The highest BCUT2D eigenvalue weighted by atomic mass is 31.2. The van der Waals surface area contributed by atoms with Gasteiger partial charge < -0.3 is 28.5 Å². The molecule has 0 aromatic carbocycles. The van der Waals surface area contributed by atoms with Crippen molar-refractivity contribution in [2.75, 3.05) is 40.9 Å². The Hall–Kier alpha value is -2.29. The van der Waals surface area contributed by atoms with Crippen molar-refractivity contribution < 1.29 is 37.3 Å². The molecule has 0 aromatic heterocycles.